The molecule has 0 radical (unpaired) electrons. The van der Waals surface area contributed by atoms with E-state index >= 15 is 0 Å². The Balaban J connectivity index is 2.52. The topological polar surface area (TPSA) is 41.9 Å². The van der Waals surface area contributed by atoms with Crippen molar-refractivity contribution < 1.29 is 9.53 Å². The Hall–Kier alpha value is -0.740. The second-order valence-corrected chi connectivity index (χ2v) is 2.59. The lowest BCUT2D eigenvalue weighted by atomic mass is 10.4. The van der Waals surface area contributed by atoms with Gasteiger partial charge >= 0.3 is 0 Å². The maximum Gasteiger partial charge on any atom is 0.165 e. The molecule has 0 aromatic rings. The van der Waals surface area contributed by atoms with Gasteiger partial charge in [0.25, 0.3) is 0 Å². The molecule has 11 heavy (non-hydrogen) atoms. The highest BCUT2D eigenvalue weighted by atomic mass is 16.5. The summed E-state index contributed by atoms with van der Waals surface area (Å²) in [6.07, 6.45) is 0.826. The number of ether oxygens (including phenoxy) is 1. The number of rotatable bonds is 3. The van der Waals surface area contributed by atoms with Crippen LogP contribution < -0.4 is 0 Å². The van der Waals surface area contributed by atoms with Crippen molar-refractivity contribution in [2.24, 2.45) is 4.99 Å². The summed E-state index contributed by atoms with van der Waals surface area (Å²) in [6, 6.07) is 0. The number of nitrogens with zero attached hydrogens (tertiary/aromatic N) is 2. The highest BCUT2D eigenvalue weighted by Gasteiger charge is 2.21. The van der Waals surface area contributed by atoms with Crippen molar-refractivity contribution in [2.45, 2.75) is 6.17 Å². The van der Waals surface area contributed by atoms with E-state index < -0.39 is 0 Å². The Labute approximate surface area is 65.9 Å². The van der Waals surface area contributed by atoms with Crippen LogP contribution in [0.15, 0.2) is 4.99 Å². The second kappa shape index (κ2) is 3.59. The van der Waals surface area contributed by atoms with Gasteiger partial charge in [0.15, 0.2) is 6.29 Å². The van der Waals surface area contributed by atoms with Gasteiger partial charge in [0.1, 0.15) is 6.17 Å². The van der Waals surface area contributed by atoms with Gasteiger partial charge in [0.05, 0.1) is 12.3 Å². The van der Waals surface area contributed by atoms with E-state index in [1.165, 1.54) is 0 Å². The van der Waals surface area contributed by atoms with E-state index in [0.29, 0.717) is 18.9 Å². The van der Waals surface area contributed by atoms with Crippen molar-refractivity contribution in [3.05, 3.63) is 0 Å². The Morgan fingerprint density at radius 3 is 3.09 bits per heavy atom. The normalized spacial score (nSPS) is 25.3. The van der Waals surface area contributed by atoms with Crippen molar-refractivity contribution in [1.29, 1.82) is 0 Å². The van der Waals surface area contributed by atoms with Crippen LogP contribution in [0.1, 0.15) is 0 Å². The van der Waals surface area contributed by atoms with Crippen molar-refractivity contribution in [1.82, 2.24) is 4.90 Å². The third kappa shape index (κ3) is 1.85. The minimum Gasteiger partial charge on any atom is -0.381 e. The van der Waals surface area contributed by atoms with Gasteiger partial charge in [-0.25, -0.2) is 0 Å². The van der Waals surface area contributed by atoms with Crippen LogP contribution in [0.2, 0.25) is 0 Å². The fourth-order valence-electron chi connectivity index (χ4n) is 1.07. The molecule has 1 heterocycles. The van der Waals surface area contributed by atoms with Crippen LogP contribution in [0.25, 0.3) is 0 Å². The minimum atomic E-state index is 0.0280. The van der Waals surface area contributed by atoms with Crippen LogP contribution in [0.3, 0.4) is 0 Å². The lowest BCUT2D eigenvalue weighted by molar-refractivity contribution is -0.102. The van der Waals surface area contributed by atoms with Crippen LogP contribution in [0, 0.1) is 0 Å². The summed E-state index contributed by atoms with van der Waals surface area (Å²) in [6.45, 7) is 1.19. The molecule has 0 fully saturated rings. The lowest BCUT2D eigenvalue weighted by Crippen LogP contribution is -2.30. The van der Waals surface area contributed by atoms with Crippen molar-refractivity contribution in [3.63, 3.8) is 0 Å². The molecule has 1 unspecified atom stereocenters. The molecule has 4 nitrogen and oxygen atoms in total. The van der Waals surface area contributed by atoms with Gasteiger partial charge in [-0.15, -0.1) is 0 Å². The fraction of sp³-hybridized carbons (Fsp3) is 0.714. The molecule has 62 valence electrons. The van der Waals surface area contributed by atoms with Crippen molar-refractivity contribution >= 4 is 12.0 Å². The average molecular weight is 156 g/mol. The first kappa shape index (κ1) is 8.36. The van der Waals surface area contributed by atoms with Gasteiger partial charge in [-0.05, 0) is 7.05 Å². The molecular weight excluding hydrogens is 144 g/mol. The minimum absolute atomic E-state index is 0.0280. The molecule has 0 aromatic heterocycles. The van der Waals surface area contributed by atoms with Gasteiger partial charge in [-0.3, -0.25) is 14.7 Å². The van der Waals surface area contributed by atoms with E-state index in [1.54, 1.807) is 7.11 Å². The Kier molecular flexibility index (Phi) is 2.73. The van der Waals surface area contributed by atoms with E-state index in [1.807, 2.05) is 11.9 Å². The van der Waals surface area contributed by atoms with E-state index in [-0.39, 0.29) is 6.17 Å². The predicted molar refractivity (Wildman–Crippen MR) is 41.8 cm³/mol. The number of hydrogen-bond donors (Lipinski definition) is 0. The van der Waals surface area contributed by atoms with E-state index in [4.69, 9.17) is 4.74 Å². The van der Waals surface area contributed by atoms with Gasteiger partial charge in [-0.2, -0.15) is 0 Å². The molecule has 0 N–H and O–H groups in total. The molecule has 1 aliphatic heterocycles. The largest absolute Gasteiger partial charge is 0.381 e. The number of carbonyl (C=O) groups is 1. The zero-order valence-electron chi connectivity index (χ0n) is 6.78. The van der Waals surface area contributed by atoms with Crippen molar-refractivity contribution in [2.75, 3.05) is 27.3 Å². The fourth-order valence-corrected chi connectivity index (χ4v) is 1.07. The van der Waals surface area contributed by atoms with Crippen LogP contribution >= 0.6 is 0 Å². The zero-order valence-corrected chi connectivity index (χ0v) is 6.78. The van der Waals surface area contributed by atoms with Crippen LogP contribution in [0.5, 0.6) is 0 Å². The number of likely N-dealkylation sites (N-methyl/N-ethyl adjacent to an activating group) is 1. The van der Waals surface area contributed by atoms with E-state index in [9.17, 15) is 4.79 Å². The molecule has 0 bridgehead atoms. The molecule has 1 rings (SSSR count). The predicted octanol–water partition coefficient (Wildman–Crippen LogP) is -0.456. The summed E-state index contributed by atoms with van der Waals surface area (Å²) in [7, 11) is 3.55. The van der Waals surface area contributed by atoms with E-state index in [0.717, 1.165) is 6.29 Å². The Bertz CT molecular complexity index is 179. The van der Waals surface area contributed by atoms with Gasteiger partial charge in [0, 0.05) is 13.7 Å². The first-order valence-electron chi connectivity index (χ1n) is 3.49. The summed E-state index contributed by atoms with van der Waals surface area (Å²) in [5, 5.41) is 0. The summed E-state index contributed by atoms with van der Waals surface area (Å²) in [5.41, 5.74) is 0.606. The molecule has 0 spiro atoms. The standard InChI is InChI=1S/C7H12N2O2/c1-9-3-6(4-10)8-7(9)5-11-2/h4,7H,3,5H2,1-2H3. The monoisotopic (exact) mass is 156 g/mol. The third-order valence-electron chi connectivity index (χ3n) is 1.69. The smallest absolute Gasteiger partial charge is 0.165 e. The van der Waals surface area contributed by atoms with Crippen molar-refractivity contribution in [3.8, 4) is 0 Å². The zero-order chi connectivity index (χ0) is 8.27. The summed E-state index contributed by atoms with van der Waals surface area (Å²) >= 11 is 0. The van der Waals surface area contributed by atoms with Gasteiger partial charge in [-0.1, -0.05) is 0 Å². The van der Waals surface area contributed by atoms with Crippen LogP contribution in [-0.2, 0) is 9.53 Å². The molecule has 0 amide bonds. The molecular formula is C7H12N2O2. The third-order valence-corrected chi connectivity index (χ3v) is 1.69. The quantitative estimate of drug-likeness (QED) is 0.519. The molecule has 1 atom stereocenters. The first-order valence-corrected chi connectivity index (χ1v) is 3.49. The number of aliphatic imine (C=N–C) groups is 1. The number of methoxy groups -OCH3 is 1. The summed E-state index contributed by atoms with van der Waals surface area (Å²) in [5.74, 6) is 0. The first-order chi connectivity index (χ1) is 5.27. The maximum atomic E-state index is 10.3. The van der Waals surface area contributed by atoms with Gasteiger partial charge < -0.3 is 4.74 Å². The van der Waals surface area contributed by atoms with Gasteiger partial charge in [0.2, 0.25) is 0 Å². The highest BCUT2D eigenvalue weighted by molar-refractivity contribution is 6.29. The number of hydrogen-bond acceptors (Lipinski definition) is 4. The molecule has 0 saturated carbocycles. The second-order valence-electron chi connectivity index (χ2n) is 2.59. The van der Waals surface area contributed by atoms with Crippen LogP contribution in [-0.4, -0.2) is 50.4 Å². The van der Waals surface area contributed by atoms with E-state index in [2.05, 4.69) is 4.99 Å². The molecule has 0 aliphatic carbocycles. The summed E-state index contributed by atoms with van der Waals surface area (Å²) in [4.78, 5) is 16.4. The lowest BCUT2D eigenvalue weighted by Gasteiger charge is -2.15. The maximum absolute atomic E-state index is 10.3. The van der Waals surface area contributed by atoms with Crippen LogP contribution in [0.4, 0.5) is 0 Å². The Morgan fingerprint density at radius 1 is 1.91 bits per heavy atom. The molecule has 0 aromatic carbocycles. The molecule has 1 aliphatic rings. The Morgan fingerprint density at radius 2 is 2.64 bits per heavy atom. The SMILES string of the molecule is COCC1N=C(C=O)CN1C. The highest BCUT2D eigenvalue weighted by Crippen LogP contribution is 2.06. The number of carbonyl (C=O) groups excluding carboxylic acids is 1. The average Bonchev–Trinajstić information content (AvgIpc) is 2.33. The molecule has 4 heteroatoms. The number of aldehydes is 1. The summed E-state index contributed by atoms with van der Waals surface area (Å²) < 4.78 is 4.92. The molecule has 0 saturated heterocycles.